The molecule has 1 aromatic rings. The van der Waals surface area contributed by atoms with Crippen LogP contribution in [-0.4, -0.2) is 37.2 Å². The Morgan fingerprint density at radius 1 is 1.27 bits per heavy atom. The average molecular weight is 223 g/mol. The molecule has 0 saturated carbocycles. The zero-order valence-electron chi connectivity index (χ0n) is 9.16. The van der Waals surface area contributed by atoms with Gasteiger partial charge < -0.3 is 15.5 Å². The first-order valence-electron chi connectivity index (χ1n) is 4.93. The molecule has 0 aliphatic carbocycles. The molecule has 0 aromatic heterocycles. The lowest BCUT2D eigenvalue weighted by atomic mass is 10.3. The van der Waals surface area contributed by atoms with Crippen molar-refractivity contribution >= 4 is 23.0 Å². The summed E-state index contributed by atoms with van der Waals surface area (Å²) in [4.78, 5) is 2.11. The normalized spacial score (nSPS) is 10.1. The summed E-state index contributed by atoms with van der Waals surface area (Å²) < 4.78 is 0. The van der Waals surface area contributed by atoms with Crippen LogP contribution in [0.5, 0.6) is 0 Å². The molecule has 0 aliphatic heterocycles. The molecular formula is C11H17N3S. The molecule has 0 radical (unpaired) electrons. The lowest BCUT2D eigenvalue weighted by molar-refractivity contribution is 0.413. The summed E-state index contributed by atoms with van der Waals surface area (Å²) in [6.07, 6.45) is 0. The van der Waals surface area contributed by atoms with Crippen molar-refractivity contribution < 1.29 is 0 Å². The Morgan fingerprint density at radius 2 is 1.93 bits per heavy atom. The predicted octanol–water partition coefficient (Wildman–Crippen LogP) is 1.53. The Balaban J connectivity index is 2.25. The van der Waals surface area contributed by atoms with Gasteiger partial charge in [-0.1, -0.05) is 18.2 Å². The van der Waals surface area contributed by atoms with Crippen molar-refractivity contribution in [1.29, 1.82) is 0 Å². The van der Waals surface area contributed by atoms with Crippen LogP contribution < -0.4 is 10.6 Å². The second-order valence-corrected chi connectivity index (χ2v) is 3.96. The molecule has 1 rings (SSSR count). The maximum Gasteiger partial charge on any atom is 0.170 e. The minimum absolute atomic E-state index is 0.669. The molecule has 0 amide bonds. The first-order chi connectivity index (χ1) is 7.18. The van der Waals surface area contributed by atoms with Crippen LogP contribution in [0, 0.1) is 0 Å². The Kier molecular flexibility index (Phi) is 5.07. The molecule has 2 N–H and O–H groups in total. The fraction of sp³-hybridized carbons (Fsp3) is 0.364. The number of hydrogen-bond acceptors (Lipinski definition) is 2. The van der Waals surface area contributed by atoms with Gasteiger partial charge in [0.1, 0.15) is 0 Å². The van der Waals surface area contributed by atoms with Gasteiger partial charge in [0.2, 0.25) is 0 Å². The second kappa shape index (κ2) is 6.37. The number of likely N-dealkylation sites (N-methyl/N-ethyl adjacent to an activating group) is 1. The lowest BCUT2D eigenvalue weighted by Gasteiger charge is -2.13. The highest BCUT2D eigenvalue weighted by atomic mass is 32.1. The maximum atomic E-state index is 5.15. The number of nitrogens with zero attached hydrogens (tertiary/aromatic N) is 1. The Morgan fingerprint density at radius 3 is 2.53 bits per heavy atom. The molecule has 3 nitrogen and oxygen atoms in total. The highest BCUT2D eigenvalue weighted by Gasteiger charge is 1.96. The summed E-state index contributed by atoms with van der Waals surface area (Å²) in [6, 6.07) is 9.91. The molecule has 0 saturated heterocycles. The van der Waals surface area contributed by atoms with E-state index in [9.17, 15) is 0 Å². The van der Waals surface area contributed by atoms with Crippen molar-refractivity contribution in [2.75, 3.05) is 32.5 Å². The van der Waals surface area contributed by atoms with Gasteiger partial charge >= 0.3 is 0 Å². The van der Waals surface area contributed by atoms with Crippen LogP contribution in [0.2, 0.25) is 0 Å². The van der Waals surface area contributed by atoms with Crippen LogP contribution in [0.4, 0.5) is 5.69 Å². The van der Waals surface area contributed by atoms with Gasteiger partial charge in [0.05, 0.1) is 0 Å². The van der Waals surface area contributed by atoms with Crippen LogP contribution in [0.15, 0.2) is 30.3 Å². The second-order valence-electron chi connectivity index (χ2n) is 3.55. The van der Waals surface area contributed by atoms with Crippen molar-refractivity contribution in [1.82, 2.24) is 10.2 Å². The summed E-state index contributed by atoms with van der Waals surface area (Å²) in [7, 11) is 4.07. The third-order valence-electron chi connectivity index (χ3n) is 1.88. The molecule has 0 unspecified atom stereocenters. The van der Waals surface area contributed by atoms with Crippen molar-refractivity contribution in [3.05, 3.63) is 30.3 Å². The van der Waals surface area contributed by atoms with E-state index in [1.165, 1.54) is 0 Å². The summed E-state index contributed by atoms with van der Waals surface area (Å²) in [5.41, 5.74) is 1.01. The molecule has 1 aromatic carbocycles. The summed E-state index contributed by atoms with van der Waals surface area (Å²) >= 11 is 5.15. The predicted molar refractivity (Wildman–Crippen MR) is 69.2 cm³/mol. The smallest absolute Gasteiger partial charge is 0.170 e. The third-order valence-corrected chi connectivity index (χ3v) is 2.12. The summed E-state index contributed by atoms with van der Waals surface area (Å²) in [5.74, 6) is 0. The first-order valence-corrected chi connectivity index (χ1v) is 5.34. The highest BCUT2D eigenvalue weighted by Crippen LogP contribution is 2.03. The van der Waals surface area contributed by atoms with E-state index in [1.807, 2.05) is 44.4 Å². The van der Waals surface area contributed by atoms with Gasteiger partial charge in [-0.05, 0) is 38.4 Å². The Bertz CT molecular complexity index is 298. The first kappa shape index (κ1) is 11.9. The minimum atomic E-state index is 0.669. The largest absolute Gasteiger partial charge is 0.361 e. The molecule has 0 spiro atoms. The van der Waals surface area contributed by atoms with E-state index in [2.05, 4.69) is 15.5 Å². The van der Waals surface area contributed by atoms with Crippen LogP contribution in [0.3, 0.4) is 0 Å². The quantitative estimate of drug-likeness (QED) is 0.757. The number of rotatable bonds is 4. The van der Waals surface area contributed by atoms with Gasteiger partial charge in [-0.15, -0.1) is 0 Å². The molecular weight excluding hydrogens is 206 g/mol. The molecule has 0 atom stereocenters. The number of nitrogens with one attached hydrogen (secondary N) is 2. The maximum absolute atomic E-state index is 5.15. The molecule has 15 heavy (non-hydrogen) atoms. The molecule has 0 fully saturated rings. The van der Waals surface area contributed by atoms with Crippen molar-refractivity contribution in [2.24, 2.45) is 0 Å². The summed E-state index contributed by atoms with van der Waals surface area (Å²) in [5, 5.41) is 6.93. The van der Waals surface area contributed by atoms with E-state index in [0.29, 0.717) is 5.11 Å². The van der Waals surface area contributed by atoms with Gasteiger partial charge in [-0.25, -0.2) is 0 Å². The Labute approximate surface area is 96.5 Å². The number of para-hydroxylation sites is 1. The molecule has 82 valence electrons. The van der Waals surface area contributed by atoms with Gasteiger partial charge in [0.15, 0.2) is 5.11 Å². The van der Waals surface area contributed by atoms with Crippen LogP contribution in [0.1, 0.15) is 0 Å². The van der Waals surface area contributed by atoms with E-state index in [0.717, 1.165) is 18.8 Å². The van der Waals surface area contributed by atoms with Gasteiger partial charge in [-0.2, -0.15) is 0 Å². The average Bonchev–Trinajstić information content (AvgIpc) is 2.18. The van der Waals surface area contributed by atoms with E-state index < -0.39 is 0 Å². The van der Waals surface area contributed by atoms with Crippen molar-refractivity contribution in [3.8, 4) is 0 Å². The molecule has 0 heterocycles. The number of thiocarbonyl (C=S) groups is 1. The molecule has 4 heteroatoms. The molecule has 0 bridgehead atoms. The third kappa shape index (κ3) is 5.34. The van der Waals surface area contributed by atoms with Crippen LogP contribution in [0.25, 0.3) is 0 Å². The van der Waals surface area contributed by atoms with E-state index in [1.54, 1.807) is 0 Å². The van der Waals surface area contributed by atoms with Gasteiger partial charge in [-0.3, -0.25) is 0 Å². The van der Waals surface area contributed by atoms with Crippen LogP contribution in [-0.2, 0) is 0 Å². The number of anilines is 1. The van der Waals surface area contributed by atoms with Crippen molar-refractivity contribution in [2.45, 2.75) is 0 Å². The van der Waals surface area contributed by atoms with E-state index in [4.69, 9.17) is 12.2 Å². The van der Waals surface area contributed by atoms with Gasteiger partial charge in [0, 0.05) is 18.8 Å². The number of hydrogen-bond donors (Lipinski definition) is 2. The minimum Gasteiger partial charge on any atom is -0.361 e. The fourth-order valence-corrected chi connectivity index (χ4v) is 1.31. The highest BCUT2D eigenvalue weighted by molar-refractivity contribution is 7.80. The lowest BCUT2D eigenvalue weighted by Crippen LogP contribution is -2.34. The molecule has 0 aliphatic rings. The summed E-state index contributed by atoms with van der Waals surface area (Å²) in [6.45, 7) is 1.82. The topological polar surface area (TPSA) is 27.3 Å². The van der Waals surface area contributed by atoms with Crippen LogP contribution >= 0.6 is 12.2 Å². The Hall–Kier alpha value is -1.13. The monoisotopic (exact) mass is 223 g/mol. The SMILES string of the molecule is CN(C)CCNC(=S)Nc1ccccc1. The van der Waals surface area contributed by atoms with E-state index >= 15 is 0 Å². The fourth-order valence-electron chi connectivity index (χ4n) is 1.09. The zero-order valence-corrected chi connectivity index (χ0v) is 9.97. The zero-order chi connectivity index (χ0) is 11.1. The van der Waals surface area contributed by atoms with Gasteiger partial charge in [0.25, 0.3) is 0 Å². The van der Waals surface area contributed by atoms with E-state index in [-0.39, 0.29) is 0 Å². The number of benzene rings is 1. The van der Waals surface area contributed by atoms with Crippen molar-refractivity contribution in [3.63, 3.8) is 0 Å². The standard InChI is InChI=1S/C11H17N3S/c1-14(2)9-8-12-11(15)13-10-6-4-3-5-7-10/h3-7H,8-9H2,1-2H3,(H2,12,13,15).